The topological polar surface area (TPSA) is 70.7 Å². The molecule has 0 aliphatic rings. The highest BCUT2D eigenvalue weighted by Crippen LogP contribution is 2.34. The van der Waals surface area contributed by atoms with E-state index in [1.165, 1.54) is 0 Å². The molecule has 92 valence electrons. The van der Waals surface area contributed by atoms with Crippen LogP contribution in [0.4, 0.5) is 11.5 Å². The lowest BCUT2D eigenvalue weighted by Crippen LogP contribution is -1.78. The number of fused-ring (bicyclic) bond motifs is 1. The van der Waals surface area contributed by atoms with Gasteiger partial charge in [-0.2, -0.15) is 0 Å². The number of phenolic OH excluding ortho intramolecular Hbond substituents is 1. The molecule has 3 aromatic rings. The van der Waals surface area contributed by atoms with Gasteiger partial charge in [-0.05, 0) is 36.4 Å². The maximum absolute atomic E-state index is 9.88. The summed E-state index contributed by atoms with van der Waals surface area (Å²) in [5.41, 5.74) is 1.16. The van der Waals surface area contributed by atoms with Gasteiger partial charge in [-0.3, -0.25) is 4.98 Å². The standard InChI is InChI=1S/C14H10N4O/c19-12-7-6-11-10(4-3-9-15-11)14(12)18-17-13-5-1-2-8-16-13/h1-9,19H. The number of benzene rings is 1. The number of aromatic hydroxyl groups is 1. The highest BCUT2D eigenvalue weighted by atomic mass is 16.3. The van der Waals surface area contributed by atoms with Gasteiger partial charge in [0, 0.05) is 17.8 Å². The summed E-state index contributed by atoms with van der Waals surface area (Å²) in [4.78, 5) is 8.26. The summed E-state index contributed by atoms with van der Waals surface area (Å²) in [7, 11) is 0. The molecule has 0 atom stereocenters. The highest BCUT2D eigenvalue weighted by molar-refractivity contribution is 5.92. The fourth-order valence-electron chi connectivity index (χ4n) is 1.74. The van der Waals surface area contributed by atoms with Gasteiger partial charge in [0.2, 0.25) is 0 Å². The predicted octanol–water partition coefficient (Wildman–Crippen LogP) is 3.75. The van der Waals surface area contributed by atoms with E-state index in [1.807, 2.05) is 12.1 Å². The van der Waals surface area contributed by atoms with Crippen molar-refractivity contribution < 1.29 is 5.11 Å². The molecule has 1 N–H and O–H groups in total. The van der Waals surface area contributed by atoms with Gasteiger partial charge in [-0.25, -0.2) is 4.98 Å². The van der Waals surface area contributed by atoms with E-state index in [9.17, 15) is 5.11 Å². The van der Waals surface area contributed by atoms with Crippen LogP contribution in [0, 0.1) is 0 Å². The summed E-state index contributed by atoms with van der Waals surface area (Å²) in [6.07, 6.45) is 3.33. The SMILES string of the molecule is Oc1ccc2ncccc2c1N=Nc1ccccn1. The molecule has 19 heavy (non-hydrogen) atoms. The van der Waals surface area contributed by atoms with Crippen LogP contribution in [-0.4, -0.2) is 15.1 Å². The summed E-state index contributed by atoms with van der Waals surface area (Å²) in [6, 6.07) is 12.3. The lowest BCUT2D eigenvalue weighted by Gasteiger charge is -2.02. The van der Waals surface area contributed by atoms with Gasteiger partial charge in [-0.15, -0.1) is 10.2 Å². The number of nitrogens with zero attached hydrogens (tertiary/aromatic N) is 4. The lowest BCUT2D eigenvalue weighted by molar-refractivity contribution is 0.477. The van der Waals surface area contributed by atoms with E-state index in [0.29, 0.717) is 11.5 Å². The molecule has 2 heterocycles. The van der Waals surface area contributed by atoms with Gasteiger partial charge in [0.25, 0.3) is 0 Å². The molecule has 0 radical (unpaired) electrons. The predicted molar refractivity (Wildman–Crippen MR) is 71.8 cm³/mol. The normalized spacial score (nSPS) is 11.2. The minimum Gasteiger partial charge on any atom is -0.506 e. The molecule has 0 aliphatic carbocycles. The Bertz CT molecular complexity index is 741. The zero-order valence-electron chi connectivity index (χ0n) is 9.93. The van der Waals surface area contributed by atoms with Crippen LogP contribution in [0.3, 0.4) is 0 Å². The van der Waals surface area contributed by atoms with Crippen molar-refractivity contribution in [3.8, 4) is 5.75 Å². The van der Waals surface area contributed by atoms with E-state index in [4.69, 9.17) is 0 Å². The molecule has 0 unspecified atom stereocenters. The highest BCUT2D eigenvalue weighted by Gasteiger charge is 2.06. The van der Waals surface area contributed by atoms with Crippen molar-refractivity contribution in [1.29, 1.82) is 0 Å². The molecule has 0 aliphatic heterocycles. The fraction of sp³-hybridized carbons (Fsp3) is 0. The van der Waals surface area contributed by atoms with E-state index in [0.717, 1.165) is 10.9 Å². The first kappa shape index (κ1) is 11.3. The number of pyridine rings is 2. The Morgan fingerprint density at radius 2 is 1.74 bits per heavy atom. The van der Waals surface area contributed by atoms with E-state index in [2.05, 4.69) is 20.2 Å². The number of hydrogen-bond donors (Lipinski definition) is 1. The number of aromatic nitrogens is 2. The van der Waals surface area contributed by atoms with E-state index in [-0.39, 0.29) is 5.75 Å². The molecule has 0 bridgehead atoms. The first-order chi connectivity index (χ1) is 9.34. The maximum atomic E-state index is 9.88. The van der Waals surface area contributed by atoms with Crippen molar-refractivity contribution in [2.75, 3.05) is 0 Å². The Balaban J connectivity index is 2.10. The third-order valence-corrected chi connectivity index (χ3v) is 2.64. The van der Waals surface area contributed by atoms with Crippen LogP contribution in [0.15, 0.2) is 65.1 Å². The molecule has 0 fully saturated rings. The smallest absolute Gasteiger partial charge is 0.174 e. The van der Waals surface area contributed by atoms with Crippen LogP contribution < -0.4 is 0 Å². The fourth-order valence-corrected chi connectivity index (χ4v) is 1.74. The quantitative estimate of drug-likeness (QED) is 0.704. The van der Waals surface area contributed by atoms with Crippen LogP contribution in [0.25, 0.3) is 10.9 Å². The number of phenols is 1. The van der Waals surface area contributed by atoms with Gasteiger partial charge < -0.3 is 5.11 Å². The zero-order valence-corrected chi connectivity index (χ0v) is 9.93. The first-order valence-corrected chi connectivity index (χ1v) is 5.74. The molecule has 0 spiro atoms. The molecule has 5 nitrogen and oxygen atoms in total. The van der Waals surface area contributed by atoms with Crippen molar-refractivity contribution in [3.05, 3.63) is 54.9 Å². The maximum Gasteiger partial charge on any atom is 0.174 e. The first-order valence-electron chi connectivity index (χ1n) is 5.74. The van der Waals surface area contributed by atoms with Gasteiger partial charge >= 0.3 is 0 Å². The van der Waals surface area contributed by atoms with Crippen molar-refractivity contribution in [2.24, 2.45) is 10.2 Å². The van der Waals surface area contributed by atoms with Crippen molar-refractivity contribution >= 4 is 22.4 Å². The molecular weight excluding hydrogens is 240 g/mol. The van der Waals surface area contributed by atoms with Crippen molar-refractivity contribution in [2.45, 2.75) is 0 Å². The zero-order chi connectivity index (χ0) is 13.1. The minimum atomic E-state index is 0.0696. The number of rotatable bonds is 2. The molecule has 0 saturated carbocycles. The van der Waals surface area contributed by atoms with Gasteiger partial charge in [0.15, 0.2) is 5.82 Å². The van der Waals surface area contributed by atoms with Crippen LogP contribution >= 0.6 is 0 Å². The van der Waals surface area contributed by atoms with Gasteiger partial charge in [0.05, 0.1) is 5.52 Å². The second-order valence-corrected chi connectivity index (χ2v) is 3.89. The Morgan fingerprint density at radius 3 is 2.58 bits per heavy atom. The Labute approximate surface area is 109 Å². The summed E-state index contributed by atoms with van der Waals surface area (Å²) in [5.74, 6) is 0.558. The van der Waals surface area contributed by atoms with E-state index >= 15 is 0 Å². The average molecular weight is 250 g/mol. The van der Waals surface area contributed by atoms with Crippen LogP contribution in [0.2, 0.25) is 0 Å². The Morgan fingerprint density at radius 1 is 0.842 bits per heavy atom. The summed E-state index contributed by atoms with van der Waals surface area (Å²) >= 11 is 0. The second kappa shape index (κ2) is 4.81. The third-order valence-electron chi connectivity index (χ3n) is 2.64. The summed E-state index contributed by atoms with van der Waals surface area (Å²) in [5, 5.41) is 18.7. The van der Waals surface area contributed by atoms with Gasteiger partial charge in [-0.1, -0.05) is 6.07 Å². The third kappa shape index (κ3) is 2.26. The van der Waals surface area contributed by atoms with Crippen LogP contribution in [-0.2, 0) is 0 Å². The molecule has 0 amide bonds. The minimum absolute atomic E-state index is 0.0696. The Kier molecular flexibility index (Phi) is 2.86. The Hall–Kier alpha value is -2.82. The van der Waals surface area contributed by atoms with Crippen LogP contribution in [0.1, 0.15) is 0 Å². The molecule has 1 aromatic carbocycles. The molecule has 3 rings (SSSR count). The van der Waals surface area contributed by atoms with Crippen molar-refractivity contribution in [1.82, 2.24) is 9.97 Å². The van der Waals surface area contributed by atoms with Crippen molar-refractivity contribution in [3.63, 3.8) is 0 Å². The van der Waals surface area contributed by atoms with E-state index in [1.54, 1.807) is 42.7 Å². The summed E-state index contributed by atoms with van der Waals surface area (Å²) < 4.78 is 0. The largest absolute Gasteiger partial charge is 0.506 e. The number of hydrogen-bond acceptors (Lipinski definition) is 5. The number of azo groups is 1. The molecule has 0 saturated heterocycles. The van der Waals surface area contributed by atoms with Crippen LogP contribution in [0.5, 0.6) is 5.75 Å². The lowest BCUT2D eigenvalue weighted by atomic mass is 10.2. The average Bonchev–Trinajstić information content (AvgIpc) is 2.47. The summed E-state index contributed by atoms with van der Waals surface area (Å²) in [6.45, 7) is 0. The van der Waals surface area contributed by atoms with E-state index < -0.39 is 0 Å². The second-order valence-electron chi connectivity index (χ2n) is 3.89. The molecule has 2 aromatic heterocycles. The molecule has 5 heteroatoms. The van der Waals surface area contributed by atoms with Gasteiger partial charge in [0.1, 0.15) is 11.4 Å². The molecular formula is C14H10N4O. The monoisotopic (exact) mass is 250 g/mol.